The molecule has 0 bridgehead atoms. The summed E-state index contributed by atoms with van der Waals surface area (Å²) in [6.45, 7) is 1.52. The van der Waals surface area contributed by atoms with Crippen molar-refractivity contribution in [3.05, 3.63) is 35.9 Å². The fourth-order valence-electron chi connectivity index (χ4n) is 3.69. The Morgan fingerprint density at radius 2 is 1.92 bits per heavy atom. The third-order valence-electron chi connectivity index (χ3n) is 5.30. The van der Waals surface area contributed by atoms with Crippen LogP contribution < -0.4 is 5.32 Å². The number of morpholine rings is 1. The van der Waals surface area contributed by atoms with Crippen LogP contribution in [0.2, 0.25) is 0 Å². The zero-order chi connectivity index (χ0) is 17.9. The maximum atomic E-state index is 12.9. The molecule has 0 unspecified atom stereocenters. The number of carbonyl (C=O) groups excluding carboxylic acids is 3. The molecular weight excluding hydrogens is 320 g/mol. The van der Waals surface area contributed by atoms with Crippen LogP contribution in [0.15, 0.2) is 30.3 Å². The van der Waals surface area contributed by atoms with Gasteiger partial charge in [0.15, 0.2) is 0 Å². The zero-order valence-electron chi connectivity index (χ0n) is 14.4. The molecule has 25 heavy (non-hydrogen) atoms. The van der Waals surface area contributed by atoms with Gasteiger partial charge in [-0.15, -0.1) is 0 Å². The lowest BCUT2D eigenvalue weighted by atomic mass is 9.90. The summed E-state index contributed by atoms with van der Waals surface area (Å²) in [6.07, 6.45) is 5.69. The van der Waals surface area contributed by atoms with Gasteiger partial charge < -0.3 is 15.0 Å². The number of carbonyl (C=O) groups is 3. The first-order valence-corrected chi connectivity index (χ1v) is 8.84. The van der Waals surface area contributed by atoms with E-state index in [1.165, 1.54) is 18.2 Å². The average Bonchev–Trinajstić information content (AvgIpc) is 2.65. The molecular formula is C19H24N2O4. The maximum absolute atomic E-state index is 12.9. The van der Waals surface area contributed by atoms with Gasteiger partial charge >= 0.3 is 5.97 Å². The molecule has 1 N–H and O–H groups in total. The largest absolute Gasteiger partial charge is 0.461 e. The van der Waals surface area contributed by atoms with E-state index in [1.54, 1.807) is 0 Å². The van der Waals surface area contributed by atoms with Crippen LogP contribution in [-0.2, 0) is 19.1 Å². The second-order valence-corrected chi connectivity index (χ2v) is 6.92. The highest BCUT2D eigenvalue weighted by Crippen LogP contribution is 2.33. The van der Waals surface area contributed by atoms with Crippen molar-refractivity contribution < 1.29 is 19.1 Å². The van der Waals surface area contributed by atoms with Crippen LogP contribution in [0.5, 0.6) is 0 Å². The van der Waals surface area contributed by atoms with Crippen molar-refractivity contribution in [3.63, 3.8) is 0 Å². The molecule has 2 atom stereocenters. The molecule has 134 valence electrons. The normalized spacial score (nSPS) is 27.5. The predicted octanol–water partition coefficient (Wildman–Crippen LogP) is 1.95. The molecule has 3 rings (SSSR count). The van der Waals surface area contributed by atoms with Gasteiger partial charge in [0, 0.05) is 6.04 Å². The lowest BCUT2D eigenvalue weighted by Crippen LogP contribution is -2.67. The van der Waals surface area contributed by atoms with Gasteiger partial charge in [0.2, 0.25) is 11.9 Å². The zero-order valence-corrected chi connectivity index (χ0v) is 14.4. The smallest absolute Gasteiger partial charge is 0.341 e. The maximum Gasteiger partial charge on any atom is 0.341 e. The number of benzene rings is 1. The van der Waals surface area contributed by atoms with E-state index >= 15 is 0 Å². The van der Waals surface area contributed by atoms with Crippen LogP contribution in [0.25, 0.3) is 0 Å². The van der Waals surface area contributed by atoms with E-state index in [9.17, 15) is 14.4 Å². The van der Waals surface area contributed by atoms with E-state index in [0.717, 1.165) is 31.2 Å². The van der Waals surface area contributed by atoms with Gasteiger partial charge in [-0.25, -0.2) is 4.79 Å². The van der Waals surface area contributed by atoms with Crippen molar-refractivity contribution in [2.24, 2.45) is 0 Å². The molecule has 0 radical (unpaired) electrons. The quantitative estimate of drug-likeness (QED) is 0.515. The Hall–Kier alpha value is -2.37. The third-order valence-corrected chi connectivity index (χ3v) is 5.30. The average molecular weight is 344 g/mol. The van der Waals surface area contributed by atoms with Gasteiger partial charge in [-0.1, -0.05) is 49.6 Å². The summed E-state index contributed by atoms with van der Waals surface area (Å²) in [6, 6.07) is 8.88. The summed E-state index contributed by atoms with van der Waals surface area (Å²) in [5.41, 5.74) is -0.823. The van der Waals surface area contributed by atoms with Crippen molar-refractivity contribution in [2.75, 3.05) is 6.61 Å². The van der Waals surface area contributed by atoms with E-state index in [2.05, 4.69) is 5.32 Å². The first-order chi connectivity index (χ1) is 12.1. The molecule has 1 aromatic carbocycles. The number of nitrogens with one attached hydrogen (secondary N) is 1. The topological polar surface area (TPSA) is 75.7 Å². The summed E-state index contributed by atoms with van der Waals surface area (Å²) in [7, 11) is 0. The van der Waals surface area contributed by atoms with Crippen molar-refractivity contribution in [2.45, 2.75) is 56.7 Å². The monoisotopic (exact) mass is 344 g/mol. The number of rotatable bonds is 4. The summed E-state index contributed by atoms with van der Waals surface area (Å²) in [5, 5.41) is 2.96. The number of amides is 2. The molecule has 1 aromatic rings. The third kappa shape index (κ3) is 3.25. The summed E-state index contributed by atoms with van der Waals surface area (Å²) in [4.78, 5) is 38.5. The van der Waals surface area contributed by atoms with Gasteiger partial charge in [-0.3, -0.25) is 9.59 Å². The van der Waals surface area contributed by atoms with Crippen LogP contribution in [0.3, 0.4) is 0 Å². The molecule has 0 aromatic heterocycles. The number of esters is 1. The van der Waals surface area contributed by atoms with Crippen LogP contribution in [-0.4, -0.2) is 41.4 Å². The SMILES string of the molecule is C[C@]1(C(=O)NC2CCCCC2)C(=O)OC[C@H](c2ccccc2)N1C=O. The fourth-order valence-corrected chi connectivity index (χ4v) is 3.69. The Morgan fingerprint density at radius 3 is 2.56 bits per heavy atom. The van der Waals surface area contributed by atoms with Gasteiger partial charge in [-0.05, 0) is 25.3 Å². The van der Waals surface area contributed by atoms with Crippen LogP contribution in [0.1, 0.15) is 50.6 Å². The molecule has 2 amide bonds. The minimum absolute atomic E-state index is 0.0495. The van der Waals surface area contributed by atoms with Gasteiger partial charge in [0.05, 0.1) is 6.04 Å². The molecule has 6 nitrogen and oxygen atoms in total. The Balaban J connectivity index is 1.86. The Kier molecular flexibility index (Phi) is 5.06. The van der Waals surface area contributed by atoms with E-state index < -0.39 is 23.5 Å². The molecule has 1 saturated carbocycles. The second kappa shape index (κ2) is 7.25. The van der Waals surface area contributed by atoms with Crippen LogP contribution >= 0.6 is 0 Å². The molecule has 0 spiro atoms. The Bertz CT molecular complexity index is 642. The van der Waals surface area contributed by atoms with E-state index in [0.29, 0.717) is 6.41 Å². The minimum Gasteiger partial charge on any atom is -0.461 e. The van der Waals surface area contributed by atoms with Gasteiger partial charge in [0.25, 0.3) is 5.91 Å². The highest BCUT2D eigenvalue weighted by Gasteiger charge is 2.54. The van der Waals surface area contributed by atoms with Crippen LogP contribution in [0, 0.1) is 0 Å². The first-order valence-electron chi connectivity index (χ1n) is 8.84. The van der Waals surface area contributed by atoms with Crippen molar-refractivity contribution in [1.82, 2.24) is 10.2 Å². The van der Waals surface area contributed by atoms with Crippen molar-refractivity contribution in [1.29, 1.82) is 0 Å². The molecule has 2 aliphatic rings. The van der Waals surface area contributed by atoms with E-state index in [-0.39, 0.29) is 12.6 Å². The number of hydrogen-bond donors (Lipinski definition) is 1. The van der Waals surface area contributed by atoms with Crippen molar-refractivity contribution >= 4 is 18.3 Å². The lowest BCUT2D eigenvalue weighted by molar-refractivity contribution is -0.180. The number of nitrogens with zero attached hydrogens (tertiary/aromatic N) is 1. The highest BCUT2D eigenvalue weighted by atomic mass is 16.5. The van der Waals surface area contributed by atoms with Gasteiger partial charge in [-0.2, -0.15) is 0 Å². The summed E-state index contributed by atoms with van der Waals surface area (Å²) in [5.74, 6) is -1.14. The standard InChI is InChI=1S/C19H24N2O4/c1-19(17(23)20-15-10-6-3-7-11-15)18(24)25-12-16(21(19)13-22)14-8-4-2-5-9-14/h2,4-5,8-9,13,15-16H,3,6-7,10-12H2,1H3,(H,20,23)/t16-,19+/m1/s1. The van der Waals surface area contributed by atoms with E-state index in [1.807, 2.05) is 30.3 Å². The Labute approximate surface area is 147 Å². The molecule has 2 fully saturated rings. The molecule has 1 saturated heterocycles. The second-order valence-electron chi connectivity index (χ2n) is 6.92. The van der Waals surface area contributed by atoms with Gasteiger partial charge in [0.1, 0.15) is 6.61 Å². The Morgan fingerprint density at radius 1 is 1.24 bits per heavy atom. The number of ether oxygens (including phenoxy) is 1. The minimum atomic E-state index is -1.65. The molecule has 1 aliphatic carbocycles. The lowest BCUT2D eigenvalue weighted by Gasteiger charge is -2.44. The summed E-state index contributed by atoms with van der Waals surface area (Å²) < 4.78 is 5.30. The first kappa shape index (κ1) is 17.5. The molecule has 6 heteroatoms. The molecule has 1 heterocycles. The number of hydrogen-bond acceptors (Lipinski definition) is 4. The van der Waals surface area contributed by atoms with Crippen molar-refractivity contribution in [3.8, 4) is 0 Å². The summed E-state index contributed by atoms with van der Waals surface area (Å²) >= 11 is 0. The molecule has 1 aliphatic heterocycles. The highest BCUT2D eigenvalue weighted by molar-refractivity contribution is 6.09. The number of cyclic esters (lactones) is 1. The fraction of sp³-hybridized carbons (Fsp3) is 0.526. The van der Waals surface area contributed by atoms with E-state index in [4.69, 9.17) is 4.74 Å². The predicted molar refractivity (Wildman–Crippen MR) is 91.5 cm³/mol. The van der Waals surface area contributed by atoms with Crippen LogP contribution in [0.4, 0.5) is 0 Å².